The Kier molecular flexibility index (Phi) is 4.92. The Labute approximate surface area is 104 Å². The molecular weight excluding hydrogens is 206 g/mol. The minimum absolute atomic E-state index is 0.553. The van der Waals surface area contributed by atoms with Gasteiger partial charge < -0.3 is 5.73 Å². The molecule has 0 saturated heterocycles. The highest BCUT2D eigenvalue weighted by molar-refractivity contribution is 5.69. The highest BCUT2D eigenvalue weighted by atomic mass is 14.5. The largest absolute Gasteiger partial charge is 0.326 e. The number of benzene rings is 1. The van der Waals surface area contributed by atoms with Gasteiger partial charge in [-0.1, -0.05) is 36.4 Å². The van der Waals surface area contributed by atoms with Gasteiger partial charge in [-0.3, -0.25) is 0 Å². The summed E-state index contributed by atoms with van der Waals surface area (Å²) in [6.07, 6.45) is 5.52. The summed E-state index contributed by atoms with van der Waals surface area (Å²) in [5.74, 6) is 0. The molecule has 1 heteroatoms. The monoisotopic (exact) mass is 227 g/mol. The van der Waals surface area contributed by atoms with Crippen molar-refractivity contribution in [3.05, 3.63) is 66.3 Å². The molecule has 0 amide bonds. The molecule has 1 rings (SSSR count). The fraction of sp³-hybridized carbons (Fsp3) is 0.250. The zero-order valence-electron chi connectivity index (χ0n) is 10.6. The van der Waals surface area contributed by atoms with Crippen molar-refractivity contribution in [3.63, 3.8) is 0 Å². The molecule has 0 aliphatic carbocycles. The smallest absolute Gasteiger partial charge is 0.0181 e. The van der Waals surface area contributed by atoms with Crippen LogP contribution in [0.15, 0.2) is 44.0 Å². The first kappa shape index (κ1) is 13.5. The van der Waals surface area contributed by atoms with E-state index < -0.39 is 0 Å². The van der Waals surface area contributed by atoms with Gasteiger partial charge >= 0.3 is 0 Å². The van der Waals surface area contributed by atoms with Crippen molar-refractivity contribution in [1.82, 2.24) is 0 Å². The predicted octanol–water partition coefficient (Wildman–Crippen LogP) is 3.64. The molecule has 1 aromatic carbocycles. The second-order valence-corrected chi connectivity index (χ2v) is 4.21. The summed E-state index contributed by atoms with van der Waals surface area (Å²) in [5, 5.41) is 0. The van der Waals surface area contributed by atoms with Gasteiger partial charge in [-0.25, -0.2) is 0 Å². The van der Waals surface area contributed by atoms with E-state index in [1.54, 1.807) is 0 Å². The number of rotatable bonds is 6. The van der Waals surface area contributed by atoms with Crippen molar-refractivity contribution in [2.45, 2.75) is 26.3 Å². The Morgan fingerprint density at radius 2 is 1.76 bits per heavy atom. The van der Waals surface area contributed by atoms with Gasteiger partial charge in [0.2, 0.25) is 0 Å². The van der Waals surface area contributed by atoms with Gasteiger partial charge in [0, 0.05) is 6.54 Å². The molecule has 90 valence electrons. The average molecular weight is 227 g/mol. The fourth-order valence-corrected chi connectivity index (χ4v) is 2.17. The SMILES string of the molecule is C=CCc1ccc(CN)c(CC=C)c1C(=C)C. The van der Waals surface area contributed by atoms with Gasteiger partial charge in [-0.05, 0) is 42.0 Å². The van der Waals surface area contributed by atoms with E-state index in [0.717, 1.165) is 18.4 Å². The van der Waals surface area contributed by atoms with Gasteiger partial charge in [0.05, 0.1) is 0 Å². The number of hydrogen-bond acceptors (Lipinski definition) is 1. The van der Waals surface area contributed by atoms with Crippen LogP contribution in [0, 0.1) is 0 Å². The molecule has 0 unspecified atom stereocenters. The quantitative estimate of drug-likeness (QED) is 0.738. The maximum absolute atomic E-state index is 5.79. The molecule has 0 atom stereocenters. The first-order valence-corrected chi connectivity index (χ1v) is 5.87. The molecule has 0 fully saturated rings. The molecule has 17 heavy (non-hydrogen) atoms. The molecule has 0 aliphatic heterocycles. The van der Waals surface area contributed by atoms with Crippen LogP contribution >= 0.6 is 0 Å². The van der Waals surface area contributed by atoms with Gasteiger partial charge in [0.1, 0.15) is 0 Å². The van der Waals surface area contributed by atoms with Crippen LogP contribution in [0.1, 0.15) is 29.2 Å². The first-order chi connectivity index (χ1) is 8.15. The van der Waals surface area contributed by atoms with Crippen molar-refractivity contribution in [2.24, 2.45) is 5.73 Å². The van der Waals surface area contributed by atoms with Crippen LogP contribution in [0.2, 0.25) is 0 Å². The lowest BCUT2D eigenvalue weighted by atomic mass is 9.89. The second-order valence-electron chi connectivity index (χ2n) is 4.21. The molecular formula is C16H21N. The summed E-state index contributed by atoms with van der Waals surface area (Å²) in [5.41, 5.74) is 11.8. The van der Waals surface area contributed by atoms with E-state index in [9.17, 15) is 0 Å². The highest BCUT2D eigenvalue weighted by Crippen LogP contribution is 2.27. The Morgan fingerprint density at radius 3 is 2.24 bits per heavy atom. The summed E-state index contributed by atoms with van der Waals surface area (Å²) in [6, 6.07) is 4.23. The summed E-state index contributed by atoms with van der Waals surface area (Å²) in [6.45, 7) is 14.3. The summed E-state index contributed by atoms with van der Waals surface area (Å²) < 4.78 is 0. The molecule has 0 bridgehead atoms. The van der Waals surface area contributed by atoms with Crippen LogP contribution in [0.4, 0.5) is 0 Å². The van der Waals surface area contributed by atoms with Crippen LogP contribution in [-0.4, -0.2) is 0 Å². The van der Waals surface area contributed by atoms with Crippen molar-refractivity contribution >= 4 is 5.57 Å². The third-order valence-corrected chi connectivity index (χ3v) is 2.86. The van der Waals surface area contributed by atoms with Crippen LogP contribution in [-0.2, 0) is 19.4 Å². The lowest BCUT2D eigenvalue weighted by Gasteiger charge is -2.17. The topological polar surface area (TPSA) is 26.0 Å². The summed E-state index contributed by atoms with van der Waals surface area (Å²) >= 11 is 0. The maximum Gasteiger partial charge on any atom is 0.0181 e. The summed E-state index contributed by atoms with van der Waals surface area (Å²) in [4.78, 5) is 0. The second kappa shape index (κ2) is 6.21. The standard InChI is InChI=1S/C16H21N/c1-5-7-13-9-10-14(11-17)15(8-6-2)16(13)12(3)4/h5-6,9-10H,1-3,7-8,11,17H2,4H3. The maximum atomic E-state index is 5.79. The third-order valence-electron chi connectivity index (χ3n) is 2.86. The van der Waals surface area contributed by atoms with Crippen molar-refractivity contribution in [3.8, 4) is 0 Å². The number of hydrogen-bond donors (Lipinski definition) is 1. The van der Waals surface area contributed by atoms with E-state index in [1.807, 2.05) is 19.1 Å². The fourth-order valence-electron chi connectivity index (χ4n) is 2.17. The molecule has 1 aromatic rings. The minimum atomic E-state index is 0.553. The molecule has 0 spiro atoms. The Bertz CT molecular complexity index is 441. The van der Waals surface area contributed by atoms with E-state index in [-0.39, 0.29) is 0 Å². The summed E-state index contributed by atoms with van der Waals surface area (Å²) in [7, 11) is 0. The normalized spacial score (nSPS) is 10.0. The van der Waals surface area contributed by atoms with E-state index >= 15 is 0 Å². The Morgan fingerprint density at radius 1 is 1.18 bits per heavy atom. The first-order valence-electron chi connectivity index (χ1n) is 5.87. The van der Waals surface area contributed by atoms with E-state index in [1.165, 1.54) is 22.3 Å². The van der Waals surface area contributed by atoms with E-state index in [2.05, 4.69) is 31.9 Å². The van der Waals surface area contributed by atoms with E-state index in [4.69, 9.17) is 5.73 Å². The van der Waals surface area contributed by atoms with Crippen molar-refractivity contribution < 1.29 is 0 Å². The Balaban J connectivity index is 3.45. The minimum Gasteiger partial charge on any atom is -0.326 e. The molecule has 0 aromatic heterocycles. The number of allylic oxidation sites excluding steroid dienone is 3. The zero-order valence-corrected chi connectivity index (χ0v) is 10.6. The van der Waals surface area contributed by atoms with Crippen LogP contribution in [0.25, 0.3) is 5.57 Å². The van der Waals surface area contributed by atoms with Crippen LogP contribution in [0.5, 0.6) is 0 Å². The average Bonchev–Trinajstić information content (AvgIpc) is 2.29. The van der Waals surface area contributed by atoms with Gasteiger partial charge in [-0.2, -0.15) is 0 Å². The zero-order chi connectivity index (χ0) is 12.8. The lowest BCUT2D eigenvalue weighted by Crippen LogP contribution is -2.06. The van der Waals surface area contributed by atoms with E-state index in [0.29, 0.717) is 6.54 Å². The molecule has 0 radical (unpaired) electrons. The molecule has 0 saturated carbocycles. The molecule has 0 heterocycles. The molecule has 2 N–H and O–H groups in total. The van der Waals surface area contributed by atoms with Crippen molar-refractivity contribution in [1.29, 1.82) is 0 Å². The molecule has 0 aliphatic rings. The lowest BCUT2D eigenvalue weighted by molar-refractivity contribution is 1.01. The Hall–Kier alpha value is -1.60. The van der Waals surface area contributed by atoms with Gasteiger partial charge in [0.25, 0.3) is 0 Å². The van der Waals surface area contributed by atoms with Crippen molar-refractivity contribution in [2.75, 3.05) is 0 Å². The van der Waals surface area contributed by atoms with Crippen LogP contribution < -0.4 is 5.73 Å². The predicted molar refractivity (Wildman–Crippen MR) is 76.8 cm³/mol. The highest BCUT2D eigenvalue weighted by Gasteiger charge is 2.11. The van der Waals surface area contributed by atoms with Gasteiger partial charge in [0.15, 0.2) is 0 Å². The van der Waals surface area contributed by atoms with Crippen LogP contribution in [0.3, 0.4) is 0 Å². The number of nitrogens with two attached hydrogens (primary N) is 1. The van der Waals surface area contributed by atoms with Gasteiger partial charge in [-0.15, -0.1) is 13.2 Å². The molecule has 1 nitrogen and oxygen atoms in total. The third kappa shape index (κ3) is 2.95.